The van der Waals surface area contributed by atoms with E-state index < -0.39 is 5.97 Å². The summed E-state index contributed by atoms with van der Waals surface area (Å²) in [7, 11) is 0. The fourth-order valence-electron chi connectivity index (χ4n) is 1.12. The lowest BCUT2D eigenvalue weighted by atomic mass is 10.2. The molecule has 0 amide bonds. The van der Waals surface area contributed by atoms with Crippen molar-refractivity contribution < 1.29 is 19.3 Å². The molecule has 0 atom stereocenters. The van der Waals surface area contributed by atoms with E-state index >= 15 is 0 Å². The van der Waals surface area contributed by atoms with Crippen molar-refractivity contribution in [3.8, 4) is 0 Å². The van der Waals surface area contributed by atoms with E-state index in [4.69, 9.17) is 4.74 Å². The van der Waals surface area contributed by atoms with Crippen molar-refractivity contribution in [2.75, 3.05) is 13.2 Å². The van der Waals surface area contributed by atoms with Gasteiger partial charge in [0.15, 0.2) is 6.61 Å². The van der Waals surface area contributed by atoms with Crippen LogP contribution in [0.1, 0.15) is 29.3 Å². The Morgan fingerprint density at radius 1 is 1.29 bits per heavy atom. The van der Waals surface area contributed by atoms with E-state index in [9.17, 15) is 4.79 Å². The van der Waals surface area contributed by atoms with Crippen molar-refractivity contribution in [1.29, 1.82) is 0 Å². The molecule has 4 heteroatoms. The van der Waals surface area contributed by atoms with E-state index in [0.717, 1.165) is 12.0 Å². The van der Waals surface area contributed by atoms with Crippen LogP contribution in [0.3, 0.4) is 0 Å². The van der Waals surface area contributed by atoms with E-state index in [-0.39, 0.29) is 0 Å². The average molecular weight is 237 g/mol. The van der Waals surface area contributed by atoms with Crippen LogP contribution in [0.25, 0.3) is 0 Å². The van der Waals surface area contributed by atoms with Crippen LogP contribution in [0.15, 0.2) is 24.3 Å². The molecule has 0 spiro atoms. The minimum absolute atomic E-state index is 0.301. The lowest BCUT2D eigenvalue weighted by molar-refractivity contribution is -0.218. The third-order valence-electron chi connectivity index (χ3n) is 2.01. The normalized spacial score (nSPS) is 10.2. The van der Waals surface area contributed by atoms with Crippen molar-refractivity contribution in [1.82, 2.24) is 0 Å². The number of hydrogen-bond donors (Lipinski definition) is 0. The zero-order valence-electron chi connectivity index (χ0n) is 10.1. The van der Waals surface area contributed by atoms with Gasteiger partial charge in [-0.15, -0.1) is 0 Å². The monoisotopic (exact) mass is 237 g/mol. The third-order valence-corrected chi connectivity index (χ3v) is 2.01. The molecule has 0 fully saturated rings. The first-order valence-corrected chi connectivity index (χ1v) is 5.57. The van der Waals surface area contributed by atoms with E-state index in [1.807, 2.05) is 26.0 Å². The second-order valence-electron chi connectivity index (χ2n) is 3.57. The highest BCUT2D eigenvalue weighted by molar-refractivity contribution is 5.88. The zero-order valence-corrected chi connectivity index (χ0v) is 10.1. The summed E-state index contributed by atoms with van der Waals surface area (Å²) < 4.78 is 5.11. The molecule has 1 aromatic carbocycles. The number of benzene rings is 1. The molecule has 0 aliphatic rings. The van der Waals surface area contributed by atoms with Gasteiger partial charge in [-0.2, -0.15) is 4.89 Å². The standard InChI is InChI=1S/C13H17O4/c1-3-8-15-9-10-16-17-13(14)12-6-4-11(2)5-7-12/h4-7,10H,3,8-9H2,1-2H3. The van der Waals surface area contributed by atoms with Gasteiger partial charge in [-0.3, -0.25) is 4.89 Å². The Hall–Kier alpha value is -1.39. The summed E-state index contributed by atoms with van der Waals surface area (Å²) >= 11 is 0. The molecule has 1 radical (unpaired) electrons. The highest BCUT2D eigenvalue weighted by atomic mass is 17.2. The van der Waals surface area contributed by atoms with Crippen molar-refractivity contribution in [3.63, 3.8) is 0 Å². The molecule has 0 unspecified atom stereocenters. The van der Waals surface area contributed by atoms with E-state index in [2.05, 4.69) is 9.78 Å². The number of rotatable bonds is 7. The van der Waals surface area contributed by atoms with Crippen LogP contribution >= 0.6 is 0 Å². The molecule has 0 heterocycles. The molecule has 0 aromatic heterocycles. The summed E-state index contributed by atoms with van der Waals surface area (Å²) in [5.41, 5.74) is 1.54. The van der Waals surface area contributed by atoms with Gasteiger partial charge in [0.1, 0.15) is 0 Å². The van der Waals surface area contributed by atoms with Crippen molar-refractivity contribution in [3.05, 3.63) is 42.0 Å². The van der Waals surface area contributed by atoms with Gasteiger partial charge >= 0.3 is 5.97 Å². The molecule has 1 rings (SSSR count). The van der Waals surface area contributed by atoms with Crippen molar-refractivity contribution >= 4 is 5.97 Å². The molecule has 0 bridgehead atoms. The number of ether oxygens (including phenoxy) is 1. The first-order chi connectivity index (χ1) is 8.24. The smallest absolute Gasteiger partial charge is 0.373 e. The lowest BCUT2D eigenvalue weighted by Gasteiger charge is -2.04. The van der Waals surface area contributed by atoms with Gasteiger partial charge in [-0.1, -0.05) is 24.6 Å². The first kappa shape index (κ1) is 13.7. The first-order valence-electron chi connectivity index (χ1n) is 5.57. The second kappa shape index (κ2) is 7.81. The van der Waals surface area contributed by atoms with Crippen LogP contribution in [0.5, 0.6) is 0 Å². The van der Waals surface area contributed by atoms with Crippen LogP contribution < -0.4 is 0 Å². The molecule has 4 nitrogen and oxygen atoms in total. The number of carbonyl (C=O) groups is 1. The topological polar surface area (TPSA) is 44.8 Å². The van der Waals surface area contributed by atoms with Gasteiger partial charge < -0.3 is 4.74 Å². The van der Waals surface area contributed by atoms with Crippen LogP contribution in [0.4, 0.5) is 0 Å². The number of carbonyl (C=O) groups excluding carboxylic acids is 1. The third kappa shape index (κ3) is 5.47. The van der Waals surface area contributed by atoms with Crippen LogP contribution in [-0.4, -0.2) is 19.2 Å². The Kier molecular flexibility index (Phi) is 6.29. The summed E-state index contributed by atoms with van der Waals surface area (Å²) in [6.07, 6.45) is 0.941. The maximum atomic E-state index is 11.4. The minimum atomic E-state index is -0.517. The predicted molar refractivity (Wildman–Crippen MR) is 63.1 cm³/mol. The van der Waals surface area contributed by atoms with Crippen molar-refractivity contribution in [2.45, 2.75) is 20.3 Å². The van der Waals surface area contributed by atoms with Gasteiger partial charge in [-0.25, -0.2) is 4.79 Å². The highest BCUT2D eigenvalue weighted by Crippen LogP contribution is 2.05. The highest BCUT2D eigenvalue weighted by Gasteiger charge is 2.07. The second-order valence-corrected chi connectivity index (χ2v) is 3.57. The van der Waals surface area contributed by atoms with E-state index in [1.54, 1.807) is 12.1 Å². The van der Waals surface area contributed by atoms with Gasteiger partial charge in [0.25, 0.3) is 0 Å². The molecule has 0 saturated carbocycles. The number of hydrogen-bond acceptors (Lipinski definition) is 4. The Morgan fingerprint density at radius 2 is 2.00 bits per heavy atom. The summed E-state index contributed by atoms with van der Waals surface area (Å²) in [5, 5.41) is 0. The molecule has 0 aliphatic carbocycles. The Morgan fingerprint density at radius 3 is 2.65 bits per heavy atom. The van der Waals surface area contributed by atoms with Gasteiger partial charge in [0, 0.05) is 6.61 Å². The van der Waals surface area contributed by atoms with Crippen LogP contribution in [-0.2, 0) is 14.5 Å². The lowest BCUT2D eigenvalue weighted by Crippen LogP contribution is -2.07. The van der Waals surface area contributed by atoms with Gasteiger partial charge in [0.2, 0.25) is 0 Å². The van der Waals surface area contributed by atoms with Crippen LogP contribution in [0, 0.1) is 13.5 Å². The molecule has 0 aliphatic heterocycles. The predicted octanol–water partition coefficient (Wildman–Crippen LogP) is 2.67. The molecule has 17 heavy (non-hydrogen) atoms. The fourth-order valence-corrected chi connectivity index (χ4v) is 1.12. The van der Waals surface area contributed by atoms with Gasteiger partial charge in [0.05, 0.1) is 12.2 Å². The Labute approximate surface area is 101 Å². The average Bonchev–Trinajstić information content (AvgIpc) is 2.34. The Bertz CT molecular complexity index is 332. The summed E-state index contributed by atoms with van der Waals surface area (Å²) in [5.74, 6) is -0.517. The molecule has 93 valence electrons. The number of aryl methyl sites for hydroxylation is 1. The van der Waals surface area contributed by atoms with E-state index in [1.165, 1.54) is 6.61 Å². The van der Waals surface area contributed by atoms with Crippen LogP contribution in [0.2, 0.25) is 0 Å². The molecule has 0 saturated heterocycles. The fraction of sp³-hybridized carbons (Fsp3) is 0.385. The molecule has 1 aromatic rings. The van der Waals surface area contributed by atoms with Gasteiger partial charge in [-0.05, 0) is 25.5 Å². The van der Waals surface area contributed by atoms with E-state index in [0.29, 0.717) is 18.8 Å². The van der Waals surface area contributed by atoms with Crippen molar-refractivity contribution in [2.24, 2.45) is 0 Å². The Balaban J connectivity index is 2.19. The maximum absolute atomic E-state index is 11.4. The summed E-state index contributed by atoms with van der Waals surface area (Å²) in [6, 6.07) is 7.05. The molecular weight excluding hydrogens is 220 g/mol. The molecule has 0 N–H and O–H groups in total. The minimum Gasteiger partial charge on any atom is -0.378 e. The quantitative estimate of drug-likeness (QED) is 0.415. The zero-order chi connectivity index (χ0) is 12.5. The molecular formula is C13H17O4. The SMILES string of the molecule is CCCOC[CH]OOC(=O)c1ccc(C)cc1. The summed E-state index contributed by atoms with van der Waals surface area (Å²) in [6.45, 7) is 6.23. The largest absolute Gasteiger partial charge is 0.378 e. The summed E-state index contributed by atoms with van der Waals surface area (Å²) in [4.78, 5) is 20.6. The maximum Gasteiger partial charge on any atom is 0.373 e.